The highest BCUT2D eigenvalue weighted by molar-refractivity contribution is 5.78. The Balaban J connectivity index is 1.94. The first-order valence-corrected chi connectivity index (χ1v) is 8.84. The fraction of sp³-hybridized carbons (Fsp3) is 0.364. The second kappa shape index (κ2) is 10.3. The van der Waals surface area contributed by atoms with Crippen molar-refractivity contribution in [1.29, 1.82) is 0 Å². The predicted molar refractivity (Wildman–Crippen MR) is 109 cm³/mol. The van der Waals surface area contributed by atoms with Gasteiger partial charge in [-0.15, -0.1) is 0 Å². The molecule has 0 unspecified atom stereocenters. The molecule has 2 rings (SSSR count). The van der Waals surface area contributed by atoms with Gasteiger partial charge in [-0.2, -0.15) is 0 Å². The summed E-state index contributed by atoms with van der Waals surface area (Å²) in [4.78, 5) is 24.4. The SMILES string of the molecule is [2H]C([2H])(NC(=O)COc1c(C)cccc1C)C([2H])([2H])NC(=O)COc1c(C)cccc1C. The van der Waals surface area contributed by atoms with Crippen LogP contribution in [-0.4, -0.2) is 38.0 Å². The Hall–Kier alpha value is -3.02. The molecule has 0 spiro atoms. The largest absolute Gasteiger partial charge is 0.483 e. The van der Waals surface area contributed by atoms with E-state index in [1.807, 2.05) is 74.7 Å². The van der Waals surface area contributed by atoms with Crippen molar-refractivity contribution in [1.82, 2.24) is 10.6 Å². The molecular weight excluding hydrogens is 356 g/mol. The van der Waals surface area contributed by atoms with Gasteiger partial charge in [0.15, 0.2) is 13.2 Å². The third-order valence-corrected chi connectivity index (χ3v) is 3.98. The Kier molecular flexibility index (Phi) is 5.91. The summed E-state index contributed by atoms with van der Waals surface area (Å²) in [7, 11) is 0. The van der Waals surface area contributed by atoms with Crippen molar-refractivity contribution in [2.75, 3.05) is 26.2 Å². The lowest BCUT2D eigenvalue weighted by Gasteiger charge is -2.13. The molecule has 0 aromatic heterocycles. The molecule has 2 N–H and O–H groups in total. The van der Waals surface area contributed by atoms with Crippen molar-refractivity contribution in [2.24, 2.45) is 0 Å². The molecule has 0 atom stereocenters. The van der Waals surface area contributed by atoms with E-state index in [9.17, 15) is 9.59 Å². The van der Waals surface area contributed by atoms with Crippen LogP contribution in [0, 0.1) is 27.7 Å². The summed E-state index contributed by atoms with van der Waals surface area (Å²) in [6.45, 7) is 0.436. The number of rotatable bonds is 9. The number of para-hydroxylation sites is 2. The van der Waals surface area contributed by atoms with Gasteiger partial charge in [-0.25, -0.2) is 0 Å². The van der Waals surface area contributed by atoms with E-state index in [0.717, 1.165) is 22.3 Å². The Morgan fingerprint density at radius 2 is 1.07 bits per heavy atom. The highest BCUT2D eigenvalue weighted by Crippen LogP contribution is 2.22. The number of hydrogen-bond donors (Lipinski definition) is 2. The predicted octanol–water partition coefficient (Wildman–Crippen LogP) is 2.61. The smallest absolute Gasteiger partial charge is 0.258 e. The summed E-state index contributed by atoms with van der Waals surface area (Å²) in [5.41, 5.74) is 3.25. The molecule has 0 aliphatic heterocycles. The minimum atomic E-state index is -2.90. The maximum Gasteiger partial charge on any atom is 0.258 e. The van der Waals surface area contributed by atoms with Gasteiger partial charge in [0.1, 0.15) is 11.5 Å². The Labute approximate surface area is 171 Å². The van der Waals surface area contributed by atoms with Gasteiger partial charge in [-0.3, -0.25) is 9.59 Å². The highest BCUT2D eigenvalue weighted by atomic mass is 16.5. The number of carbonyl (C=O) groups excluding carboxylic acids is 2. The molecule has 0 heterocycles. The first kappa shape index (κ1) is 16.0. The Bertz CT molecular complexity index is 876. The van der Waals surface area contributed by atoms with Crippen molar-refractivity contribution < 1.29 is 24.5 Å². The molecule has 0 radical (unpaired) electrons. The van der Waals surface area contributed by atoms with Crippen LogP contribution < -0.4 is 20.1 Å². The summed E-state index contributed by atoms with van der Waals surface area (Å²) >= 11 is 0. The van der Waals surface area contributed by atoms with Crippen molar-refractivity contribution in [2.45, 2.75) is 27.7 Å². The molecule has 28 heavy (non-hydrogen) atoms. The number of hydrogen-bond acceptors (Lipinski definition) is 4. The van der Waals surface area contributed by atoms with E-state index in [4.69, 9.17) is 15.0 Å². The number of nitrogens with one attached hydrogen (secondary N) is 2. The molecule has 6 heteroatoms. The van der Waals surface area contributed by atoms with E-state index in [0.29, 0.717) is 11.5 Å². The maximum absolute atomic E-state index is 12.2. The highest BCUT2D eigenvalue weighted by Gasteiger charge is 2.09. The van der Waals surface area contributed by atoms with E-state index in [1.165, 1.54) is 0 Å². The molecule has 6 nitrogen and oxygen atoms in total. The summed E-state index contributed by atoms with van der Waals surface area (Å²) in [5, 5.41) is 3.88. The van der Waals surface area contributed by atoms with Crippen LogP contribution in [0.5, 0.6) is 11.5 Å². The molecule has 0 bridgehead atoms. The van der Waals surface area contributed by atoms with Gasteiger partial charge < -0.3 is 20.1 Å². The van der Waals surface area contributed by atoms with Gasteiger partial charge in [0.2, 0.25) is 0 Å². The molecule has 0 aliphatic carbocycles. The summed E-state index contributed by atoms with van der Waals surface area (Å²) in [6, 6.07) is 10.9. The zero-order valence-electron chi connectivity index (χ0n) is 20.5. The summed E-state index contributed by atoms with van der Waals surface area (Å²) < 4.78 is 42.7. The van der Waals surface area contributed by atoms with Crippen molar-refractivity contribution in [3.63, 3.8) is 0 Å². The molecule has 0 aliphatic rings. The maximum atomic E-state index is 12.2. The van der Waals surface area contributed by atoms with Crippen LogP contribution in [0.2, 0.25) is 0 Å². The minimum Gasteiger partial charge on any atom is -0.483 e. The second-order valence-electron chi connectivity index (χ2n) is 6.37. The molecular formula is C22H28N2O4. The zero-order chi connectivity index (χ0) is 24.1. The molecule has 0 fully saturated rings. The number of carbonyl (C=O) groups is 2. The third-order valence-electron chi connectivity index (χ3n) is 3.98. The van der Waals surface area contributed by atoms with Crippen LogP contribution in [0.25, 0.3) is 0 Å². The first-order chi connectivity index (χ1) is 14.8. The van der Waals surface area contributed by atoms with Gasteiger partial charge in [0, 0.05) is 13.0 Å². The number of aryl methyl sites for hydroxylation is 4. The summed E-state index contributed by atoms with van der Waals surface area (Å²) in [5.74, 6) is -0.739. The van der Waals surface area contributed by atoms with Crippen molar-refractivity contribution in [3.8, 4) is 11.5 Å². The topological polar surface area (TPSA) is 76.7 Å². The molecule has 150 valence electrons. The normalized spacial score (nSPS) is 13.4. The zero-order valence-corrected chi connectivity index (χ0v) is 16.5. The average molecular weight is 389 g/mol. The fourth-order valence-electron chi connectivity index (χ4n) is 2.60. The van der Waals surface area contributed by atoms with E-state index in [-0.39, 0.29) is 0 Å². The van der Waals surface area contributed by atoms with E-state index >= 15 is 0 Å². The number of ether oxygens (including phenoxy) is 2. The molecule has 2 aromatic rings. The van der Waals surface area contributed by atoms with Crippen LogP contribution in [0.15, 0.2) is 36.4 Å². The van der Waals surface area contributed by atoms with Gasteiger partial charge in [0.05, 0.1) is 5.48 Å². The molecule has 0 saturated heterocycles. The lowest BCUT2D eigenvalue weighted by atomic mass is 10.1. The van der Waals surface area contributed by atoms with Crippen molar-refractivity contribution in [3.05, 3.63) is 58.7 Å². The van der Waals surface area contributed by atoms with Crippen LogP contribution in [0.1, 0.15) is 27.7 Å². The first-order valence-electron chi connectivity index (χ1n) is 10.8. The molecule has 0 saturated carbocycles. The van der Waals surface area contributed by atoms with Crippen LogP contribution in [0.3, 0.4) is 0 Å². The van der Waals surface area contributed by atoms with Gasteiger partial charge >= 0.3 is 0 Å². The van der Waals surface area contributed by atoms with Gasteiger partial charge in [-0.05, 0) is 49.9 Å². The lowest BCUT2D eigenvalue weighted by molar-refractivity contribution is -0.124. The van der Waals surface area contributed by atoms with E-state index in [1.54, 1.807) is 0 Å². The number of benzene rings is 2. The van der Waals surface area contributed by atoms with Crippen LogP contribution >= 0.6 is 0 Å². The summed E-state index contributed by atoms with van der Waals surface area (Å²) in [6.07, 6.45) is 0. The lowest BCUT2D eigenvalue weighted by Crippen LogP contribution is -2.38. The van der Waals surface area contributed by atoms with E-state index < -0.39 is 38.0 Å². The quantitative estimate of drug-likeness (QED) is 0.692. The standard InChI is InChI=1S/C22H28N2O4/c1-15-7-5-8-16(2)21(15)27-13-19(25)23-11-12-24-20(26)14-28-22-17(3)9-6-10-18(22)4/h5-10H,11-14H2,1-4H3,(H,23,25)(H,24,26)/i11D2,12D2. The fourth-order valence-corrected chi connectivity index (χ4v) is 2.60. The molecule has 2 aromatic carbocycles. The van der Waals surface area contributed by atoms with Crippen molar-refractivity contribution >= 4 is 11.8 Å². The third kappa shape index (κ3) is 6.30. The van der Waals surface area contributed by atoms with E-state index in [2.05, 4.69) is 0 Å². The van der Waals surface area contributed by atoms with Crippen LogP contribution in [-0.2, 0) is 9.59 Å². The monoisotopic (exact) mass is 388 g/mol. The molecule has 2 amide bonds. The number of amides is 2. The Morgan fingerprint density at radius 1 is 0.750 bits per heavy atom. The van der Waals surface area contributed by atoms with Crippen LogP contribution in [0.4, 0.5) is 0 Å². The second-order valence-corrected chi connectivity index (χ2v) is 6.37. The minimum absolute atomic E-state index is 0.503. The van der Waals surface area contributed by atoms with Gasteiger partial charge in [0.25, 0.3) is 11.8 Å². The Morgan fingerprint density at radius 3 is 1.39 bits per heavy atom. The van der Waals surface area contributed by atoms with Gasteiger partial charge in [-0.1, -0.05) is 36.4 Å². The average Bonchev–Trinajstić information content (AvgIpc) is 2.66.